The Bertz CT molecular complexity index is 409. The molecule has 0 radical (unpaired) electrons. The van der Waals surface area contributed by atoms with Gasteiger partial charge in [0, 0.05) is 5.54 Å². The van der Waals surface area contributed by atoms with Crippen molar-refractivity contribution in [2.75, 3.05) is 0 Å². The van der Waals surface area contributed by atoms with Crippen LogP contribution in [0.25, 0.3) is 0 Å². The normalized spacial score (nSPS) is 20.2. The fraction of sp³-hybridized carbons (Fsp3) is 0.917. The molecule has 5 nitrogen and oxygen atoms in total. The molecule has 0 amide bonds. The summed E-state index contributed by atoms with van der Waals surface area (Å²) in [7, 11) is -3.60. The van der Waals surface area contributed by atoms with Gasteiger partial charge in [0.15, 0.2) is 0 Å². The monoisotopic (exact) mass is 307 g/mol. The Morgan fingerprint density at radius 1 is 1.26 bits per heavy atom. The van der Waals surface area contributed by atoms with E-state index in [1.807, 2.05) is 0 Å². The molecule has 1 aliphatic rings. The van der Waals surface area contributed by atoms with Crippen molar-refractivity contribution in [3.63, 3.8) is 0 Å². The van der Waals surface area contributed by atoms with E-state index in [4.69, 9.17) is 18.0 Å². The third-order valence-corrected chi connectivity index (χ3v) is 4.85. The standard InChI is InChI=1S/C12H25N3O2S2/c1-12(2,3)15-19(16,17)14-10(11(13)18)9-7-5-4-6-8-9/h9-10,14-15H,4-8H2,1-3H3,(H2,13,18). The molecule has 1 unspecified atom stereocenters. The second-order valence-electron chi connectivity index (χ2n) is 6.25. The van der Waals surface area contributed by atoms with Crippen molar-refractivity contribution in [2.45, 2.75) is 64.5 Å². The van der Waals surface area contributed by atoms with Gasteiger partial charge in [-0.2, -0.15) is 17.9 Å². The zero-order valence-corrected chi connectivity index (χ0v) is 13.5. The largest absolute Gasteiger partial charge is 0.392 e. The first-order valence-corrected chi connectivity index (χ1v) is 8.60. The van der Waals surface area contributed by atoms with Crippen LogP contribution in [0.3, 0.4) is 0 Å². The van der Waals surface area contributed by atoms with Gasteiger partial charge in [-0.25, -0.2) is 0 Å². The number of thiocarbonyl (C=S) groups is 1. The van der Waals surface area contributed by atoms with E-state index in [2.05, 4.69) is 9.44 Å². The van der Waals surface area contributed by atoms with E-state index in [1.54, 1.807) is 20.8 Å². The Balaban J connectivity index is 2.75. The zero-order chi connectivity index (χ0) is 14.7. The van der Waals surface area contributed by atoms with Gasteiger partial charge in [0.25, 0.3) is 10.2 Å². The molecular formula is C12H25N3O2S2. The molecule has 4 N–H and O–H groups in total. The van der Waals surface area contributed by atoms with Gasteiger partial charge >= 0.3 is 0 Å². The van der Waals surface area contributed by atoms with E-state index < -0.39 is 21.8 Å². The molecule has 112 valence electrons. The molecule has 1 fully saturated rings. The lowest BCUT2D eigenvalue weighted by Gasteiger charge is -2.31. The Morgan fingerprint density at radius 2 is 1.79 bits per heavy atom. The molecular weight excluding hydrogens is 282 g/mol. The lowest BCUT2D eigenvalue weighted by atomic mass is 9.84. The minimum absolute atomic E-state index is 0.211. The van der Waals surface area contributed by atoms with Gasteiger partial charge in [-0.3, -0.25) is 0 Å². The van der Waals surface area contributed by atoms with Crippen molar-refractivity contribution in [3.05, 3.63) is 0 Å². The van der Waals surface area contributed by atoms with Crippen molar-refractivity contribution in [1.82, 2.24) is 9.44 Å². The van der Waals surface area contributed by atoms with Gasteiger partial charge in [0.2, 0.25) is 0 Å². The van der Waals surface area contributed by atoms with Crippen molar-refractivity contribution < 1.29 is 8.42 Å². The first kappa shape index (κ1) is 16.8. The van der Waals surface area contributed by atoms with Gasteiger partial charge in [-0.05, 0) is 39.5 Å². The van der Waals surface area contributed by atoms with E-state index in [0.717, 1.165) is 25.7 Å². The maximum absolute atomic E-state index is 12.1. The number of nitrogens with two attached hydrogens (primary N) is 1. The van der Waals surface area contributed by atoms with Gasteiger partial charge in [-0.1, -0.05) is 31.5 Å². The predicted molar refractivity (Wildman–Crippen MR) is 82.1 cm³/mol. The topological polar surface area (TPSA) is 84.2 Å². The van der Waals surface area contributed by atoms with Crippen LogP contribution < -0.4 is 15.2 Å². The molecule has 1 saturated carbocycles. The smallest absolute Gasteiger partial charge is 0.278 e. The SMILES string of the molecule is CC(C)(C)NS(=O)(=O)NC(C(N)=S)C1CCCCC1. The van der Waals surface area contributed by atoms with E-state index in [0.29, 0.717) is 0 Å². The molecule has 0 bridgehead atoms. The molecule has 0 aromatic heterocycles. The number of nitrogens with one attached hydrogen (secondary N) is 2. The van der Waals surface area contributed by atoms with Gasteiger partial charge < -0.3 is 5.73 Å². The predicted octanol–water partition coefficient (Wildman–Crippen LogP) is 1.44. The average Bonchev–Trinajstić information content (AvgIpc) is 2.23. The third-order valence-electron chi connectivity index (χ3n) is 3.15. The third kappa shape index (κ3) is 6.16. The van der Waals surface area contributed by atoms with Crippen molar-refractivity contribution in [1.29, 1.82) is 0 Å². The Labute approximate surface area is 121 Å². The van der Waals surface area contributed by atoms with E-state index in [9.17, 15) is 8.42 Å². The molecule has 1 atom stereocenters. The Kier molecular flexibility index (Phi) is 5.73. The highest BCUT2D eigenvalue weighted by atomic mass is 32.2. The van der Waals surface area contributed by atoms with Crippen LogP contribution in [0.2, 0.25) is 0 Å². The summed E-state index contributed by atoms with van der Waals surface area (Å²) in [6.07, 6.45) is 5.37. The summed E-state index contributed by atoms with van der Waals surface area (Å²) >= 11 is 5.03. The quantitative estimate of drug-likeness (QED) is 0.671. The van der Waals surface area contributed by atoms with Crippen LogP contribution in [0.15, 0.2) is 0 Å². The summed E-state index contributed by atoms with van der Waals surface area (Å²) in [4.78, 5) is 0.228. The molecule has 0 aromatic carbocycles. The van der Waals surface area contributed by atoms with Crippen LogP contribution in [-0.4, -0.2) is 25.0 Å². The highest BCUT2D eigenvalue weighted by Gasteiger charge is 2.31. The molecule has 7 heteroatoms. The van der Waals surface area contributed by atoms with Crippen LogP contribution in [0.4, 0.5) is 0 Å². The Hall–Kier alpha value is -0.240. The van der Waals surface area contributed by atoms with Gasteiger partial charge in [0.05, 0.1) is 11.0 Å². The second-order valence-corrected chi connectivity index (χ2v) is 8.17. The van der Waals surface area contributed by atoms with E-state index in [1.165, 1.54) is 6.42 Å². The first-order chi connectivity index (χ1) is 8.61. The fourth-order valence-corrected chi connectivity index (χ4v) is 4.30. The number of rotatable bonds is 5. The molecule has 0 spiro atoms. The molecule has 19 heavy (non-hydrogen) atoms. The van der Waals surface area contributed by atoms with Crippen molar-refractivity contribution in [3.8, 4) is 0 Å². The maximum Gasteiger partial charge on any atom is 0.278 e. The maximum atomic E-state index is 12.1. The molecule has 0 aromatic rings. The molecule has 1 aliphatic carbocycles. The van der Waals surface area contributed by atoms with Crippen LogP contribution in [0, 0.1) is 5.92 Å². The minimum Gasteiger partial charge on any atom is -0.392 e. The fourth-order valence-electron chi connectivity index (χ4n) is 2.45. The summed E-state index contributed by atoms with van der Waals surface area (Å²) < 4.78 is 29.3. The Morgan fingerprint density at radius 3 is 2.21 bits per heavy atom. The van der Waals surface area contributed by atoms with Crippen molar-refractivity contribution >= 4 is 27.4 Å². The summed E-state index contributed by atoms with van der Waals surface area (Å²) in [6.45, 7) is 5.38. The van der Waals surface area contributed by atoms with Crippen LogP contribution in [-0.2, 0) is 10.2 Å². The van der Waals surface area contributed by atoms with Crippen LogP contribution in [0.1, 0.15) is 52.9 Å². The highest BCUT2D eigenvalue weighted by Crippen LogP contribution is 2.27. The lowest BCUT2D eigenvalue weighted by molar-refractivity contribution is 0.329. The summed E-state index contributed by atoms with van der Waals surface area (Å²) in [5, 5.41) is 0. The zero-order valence-electron chi connectivity index (χ0n) is 11.9. The average molecular weight is 307 g/mol. The van der Waals surface area contributed by atoms with Crippen molar-refractivity contribution in [2.24, 2.45) is 11.7 Å². The molecule has 1 rings (SSSR count). The molecule has 0 aliphatic heterocycles. The van der Waals surface area contributed by atoms with E-state index >= 15 is 0 Å². The summed E-state index contributed by atoms with van der Waals surface area (Å²) in [5.41, 5.74) is 5.19. The highest BCUT2D eigenvalue weighted by molar-refractivity contribution is 7.87. The number of hydrogen-bond donors (Lipinski definition) is 3. The van der Waals surface area contributed by atoms with Crippen LogP contribution >= 0.6 is 12.2 Å². The summed E-state index contributed by atoms with van der Waals surface area (Å²) in [5.74, 6) is 0.211. The van der Waals surface area contributed by atoms with Gasteiger partial charge in [-0.15, -0.1) is 0 Å². The van der Waals surface area contributed by atoms with Crippen LogP contribution in [0.5, 0.6) is 0 Å². The number of hydrogen-bond acceptors (Lipinski definition) is 3. The van der Waals surface area contributed by atoms with Gasteiger partial charge in [0.1, 0.15) is 0 Å². The minimum atomic E-state index is -3.60. The summed E-state index contributed by atoms with van der Waals surface area (Å²) in [6, 6.07) is -0.449. The lowest BCUT2D eigenvalue weighted by Crippen LogP contribution is -2.55. The molecule has 0 heterocycles. The second kappa shape index (κ2) is 6.47. The van der Waals surface area contributed by atoms with E-state index in [-0.39, 0.29) is 10.9 Å². The molecule has 0 saturated heterocycles. The first-order valence-electron chi connectivity index (χ1n) is 6.71.